The van der Waals surface area contributed by atoms with Gasteiger partial charge in [0.05, 0.1) is 0 Å². The lowest BCUT2D eigenvalue weighted by atomic mass is 9.95. The highest BCUT2D eigenvalue weighted by atomic mass is 35.5. The first kappa shape index (κ1) is 12.2. The van der Waals surface area contributed by atoms with Gasteiger partial charge in [-0.1, -0.05) is 60.1 Å². The van der Waals surface area contributed by atoms with E-state index in [0.717, 1.165) is 16.1 Å². The van der Waals surface area contributed by atoms with Crippen LogP contribution in [0.1, 0.15) is 5.56 Å². The molecule has 0 bridgehead atoms. The summed E-state index contributed by atoms with van der Waals surface area (Å²) >= 11 is 6.05. The van der Waals surface area contributed by atoms with Gasteiger partial charge in [0.25, 0.3) is 0 Å². The summed E-state index contributed by atoms with van der Waals surface area (Å²) in [6.07, 6.45) is 0. The summed E-state index contributed by atoms with van der Waals surface area (Å²) in [6.45, 7) is 0.485. The van der Waals surface area contributed by atoms with Crippen LogP contribution in [0.5, 0.6) is 0 Å². The Morgan fingerprint density at radius 3 is 2.47 bits per heavy atom. The number of rotatable bonds is 2. The smallest absolute Gasteiger partial charge is 0.0409 e. The SMILES string of the molecule is NCc1cc(Cl)ccc1-c1cccc2ccccc12. The monoisotopic (exact) mass is 267 g/mol. The Bertz CT molecular complexity index is 729. The van der Waals surface area contributed by atoms with Crippen LogP contribution in [-0.2, 0) is 6.54 Å². The van der Waals surface area contributed by atoms with Crippen LogP contribution in [0.25, 0.3) is 21.9 Å². The fourth-order valence-electron chi connectivity index (χ4n) is 2.45. The molecular weight excluding hydrogens is 254 g/mol. The van der Waals surface area contributed by atoms with Crippen molar-refractivity contribution in [3.63, 3.8) is 0 Å². The maximum absolute atomic E-state index is 6.05. The summed E-state index contributed by atoms with van der Waals surface area (Å²) in [5.74, 6) is 0. The Morgan fingerprint density at radius 1 is 0.842 bits per heavy atom. The number of fused-ring (bicyclic) bond motifs is 1. The van der Waals surface area contributed by atoms with E-state index in [4.69, 9.17) is 17.3 Å². The van der Waals surface area contributed by atoms with E-state index in [0.29, 0.717) is 6.54 Å². The molecule has 0 radical (unpaired) electrons. The third kappa shape index (κ3) is 2.23. The molecule has 0 amide bonds. The molecule has 0 aliphatic heterocycles. The van der Waals surface area contributed by atoms with Crippen LogP contribution < -0.4 is 5.73 Å². The van der Waals surface area contributed by atoms with Gasteiger partial charge in [0.15, 0.2) is 0 Å². The highest BCUT2D eigenvalue weighted by Crippen LogP contribution is 2.32. The first-order chi connectivity index (χ1) is 9.29. The maximum atomic E-state index is 6.05. The Hall–Kier alpha value is -1.83. The number of nitrogens with two attached hydrogens (primary N) is 1. The molecule has 0 unspecified atom stereocenters. The van der Waals surface area contributed by atoms with Crippen molar-refractivity contribution in [2.45, 2.75) is 6.54 Å². The van der Waals surface area contributed by atoms with Gasteiger partial charge in [-0.05, 0) is 39.6 Å². The first-order valence-electron chi connectivity index (χ1n) is 6.26. The minimum Gasteiger partial charge on any atom is -0.326 e. The largest absolute Gasteiger partial charge is 0.326 e. The summed E-state index contributed by atoms with van der Waals surface area (Å²) in [5.41, 5.74) is 9.28. The molecule has 3 rings (SSSR count). The molecular formula is C17H14ClN. The van der Waals surface area contributed by atoms with Crippen molar-refractivity contribution in [1.29, 1.82) is 0 Å². The van der Waals surface area contributed by atoms with Crippen molar-refractivity contribution in [1.82, 2.24) is 0 Å². The lowest BCUT2D eigenvalue weighted by Gasteiger charge is -2.11. The van der Waals surface area contributed by atoms with Crippen molar-refractivity contribution in [2.75, 3.05) is 0 Å². The molecule has 94 valence electrons. The van der Waals surface area contributed by atoms with Crippen LogP contribution in [0.3, 0.4) is 0 Å². The molecule has 0 aliphatic carbocycles. The number of halogens is 1. The zero-order valence-corrected chi connectivity index (χ0v) is 11.2. The molecule has 0 fully saturated rings. The summed E-state index contributed by atoms with van der Waals surface area (Å²) in [5, 5.41) is 3.20. The van der Waals surface area contributed by atoms with Crippen molar-refractivity contribution >= 4 is 22.4 Å². The van der Waals surface area contributed by atoms with Gasteiger partial charge in [0.1, 0.15) is 0 Å². The van der Waals surface area contributed by atoms with E-state index in [2.05, 4.69) is 42.5 Å². The molecule has 2 N–H and O–H groups in total. The van der Waals surface area contributed by atoms with Gasteiger partial charge in [-0.3, -0.25) is 0 Å². The molecule has 0 aromatic heterocycles. The van der Waals surface area contributed by atoms with Crippen molar-refractivity contribution in [3.05, 3.63) is 71.2 Å². The van der Waals surface area contributed by atoms with E-state index in [1.165, 1.54) is 16.3 Å². The zero-order valence-electron chi connectivity index (χ0n) is 10.4. The standard InChI is InChI=1S/C17H14ClN/c18-14-8-9-16(13(10-14)11-19)17-7-3-5-12-4-1-2-6-15(12)17/h1-10H,11,19H2. The fourth-order valence-corrected chi connectivity index (χ4v) is 2.65. The lowest BCUT2D eigenvalue weighted by Crippen LogP contribution is -1.99. The van der Waals surface area contributed by atoms with E-state index in [-0.39, 0.29) is 0 Å². The van der Waals surface area contributed by atoms with Crippen molar-refractivity contribution < 1.29 is 0 Å². The van der Waals surface area contributed by atoms with Gasteiger partial charge in [-0.2, -0.15) is 0 Å². The predicted molar refractivity (Wildman–Crippen MR) is 82.3 cm³/mol. The Balaban J connectivity index is 2.30. The second-order valence-corrected chi connectivity index (χ2v) is 4.97. The maximum Gasteiger partial charge on any atom is 0.0409 e. The summed E-state index contributed by atoms with van der Waals surface area (Å²) < 4.78 is 0. The van der Waals surface area contributed by atoms with Gasteiger partial charge in [0, 0.05) is 11.6 Å². The quantitative estimate of drug-likeness (QED) is 0.720. The molecule has 1 nitrogen and oxygen atoms in total. The molecule has 0 atom stereocenters. The average Bonchev–Trinajstić information content (AvgIpc) is 2.46. The van der Waals surface area contributed by atoms with Crippen LogP contribution >= 0.6 is 11.6 Å². The molecule has 19 heavy (non-hydrogen) atoms. The lowest BCUT2D eigenvalue weighted by molar-refractivity contribution is 1.07. The van der Waals surface area contributed by atoms with Gasteiger partial charge in [0.2, 0.25) is 0 Å². The topological polar surface area (TPSA) is 26.0 Å². The second-order valence-electron chi connectivity index (χ2n) is 4.53. The molecule has 0 aliphatic rings. The second kappa shape index (κ2) is 5.04. The van der Waals surface area contributed by atoms with Crippen LogP contribution in [0, 0.1) is 0 Å². The average molecular weight is 268 g/mol. The van der Waals surface area contributed by atoms with Crippen molar-refractivity contribution in [2.24, 2.45) is 5.73 Å². The highest BCUT2D eigenvalue weighted by molar-refractivity contribution is 6.30. The molecule has 0 heterocycles. The summed E-state index contributed by atoms with van der Waals surface area (Å²) in [4.78, 5) is 0. The van der Waals surface area contributed by atoms with E-state index < -0.39 is 0 Å². The van der Waals surface area contributed by atoms with Crippen LogP contribution in [-0.4, -0.2) is 0 Å². The van der Waals surface area contributed by atoms with Crippen LogP contribution in [0.4, 0.5) is 0 Å². The van der Waals surface area contributed by atoms with Gasteiger partial charge >= 0.3 is 0 Å². The third-order valence-corrected chi connectivity index (χ3v) is 3.60. The predicted octanol–water partition coefficient (Wildman–Crippen LogP) is 4.62. The number of hydrogen-bond acceptors (Lipinski definition) is 1. The minimum atomic E-state index is 0.485. The van der Waals surface area contributed by atoms with Gasteiger partial charge in [-0.25, -0.2) is 0 Å². The molecule has 0 saturated carbocycles. The Labute approximate surface area is 117 Å². The minimum absolute atomic E-state index is 0.485. The Kier molecular flexibility index (Phi) is 3.24. The first-order valence-corrected chi connectivity index (χ1v) is 6.64. The summed E-state index contributed by atoms with van der Waals surface area (Å²) in [7, 11) is 0. The van der Waals surface area contributed by atoms with E-state index in [9.17, 15) is 0 Å². The number of benzene rings is 3. The third-order valence-electron chi connectivity index (χ3n) is 3.37. The fraction of sp³-hybridized carbons (Fsp3) is 0.0588. The Morgan fingerprint density at radius 2 is 1.63 bits per heavy atom. The van der Waals surface area contributed by atoms with E-state index in [1.807, 2.05) is 18.2 Å². The molecule has 3 aromatic carbocycles. The van der Waals surface area contributed by atoms with E-state index >= 15 is 0 Å². The molecule has 2 heteroatoms. The van der Waals surface area contributed by atoms with Crippen molar-refractivity contribution in [3.8, 4) is 11.1 Å². The molecule has 3 aromatic rings. The van der Waals surface area contributed by atoms with Gasteiger partial charge in [-0.15, -0.1) is 0 Å². The van der Waals surface area contributed by atoms with Gasteiger partial charge < -0.3 is 5.73 Å². The number of hydrogen-bond donors (Lipinski definition) is 1. The molecule has 0 saturated heterocycles. The van der Waals surface area contributed by atoms with E-state index in [1.54, 1.807) is 0 Å². The van der Waals surface area contributed by atoms with Crippen LogP contribution in [0.2, 0.25) is 5.02 Å². The summed E-state index contributed by atoms with van der Waals surface area (Å²) in [6, 6.07) is 20.6. The highest BCUT2D eigenvalue weighted by Gasteiger charge is 2.08. The zero-order chi connectivity index (χ0) is 13.2. The molecule has 0 spiro atoms. The normalized spacial score (nSPS) is 10.8. The van der Waals surface area contributed by atoms with Crippen LogP contribution in [0.15, 0.2) is 60.7 Å².